The Bertz CT molecular complexity index is 1840. The van der Waals surface area contributed by atoms with Crippen LogP contribution < -0.4 is 26.4 Å². The molecule has 23 heteroatoms. The van der Waals surface area contributed by atoms with E-state index >= 15 is 35.1 Å². The number of aromatic nitrogens is 2. The Balaban J connectivity index is 0.000000878. The second kappa shape index (κ2) is 13.5. The fourth-order valence-electron chi connectivity index (χ4n) is 5.24. The van der Waals surface area contributed by atoms with Gasteiger partial charge in [-0.05, 0) is 0 Å². The number of hydrogen-bond donors (Lipinski definition) is 1. The first-order chi connectivity index (χ1) is 23.6. The monoisotopic (exact) mass is 762 g/mol. The molecule has 0 aliphatic heterocycles. The molecule has 1 N–H and O–H groups in total. The molecule has 51 heavy (non-hydrogen) atoms. The normalized spacial score (nSPS) is 11.6. The van der Waals surface area contributed by atoms with Crippen LogP contribution in [0.5, 0.6) is 0 Å². The van der Waals surface area contributed by atoms with Gasteiger partial charge in [0.1, 0.15) is 65.1 Å². The maximum Gasteiger partial charge on any atom is 0.241 e. The largest absolute Gasteiger partial charge is 0.250 e. The van der Waals surface area contributed by atoms with E-state index < -0.39 is 144 Å². The summed E-state index contributed by atoms with van der Waals surface area (Å²) in [7, 11) is 1.97. The van der Waals surface area contributed by atoms with Crippen molar-refractivity contribution < 1.29 is 92.4 Å². The van der Waals surface area contributed by atoms with E-state index in [-0.39, 0.29) is 0 Å². The number of benzene rings is 4. The molecular formula is C28H7BF20N2. The molecule has 5 aromatic rings. The van der Waals surface area contributed by atoms with Crippen molar-refractivity contribution in [1.82, 2.24) is 4.98 Å². The first-order valence-corrected chi connectivity index (χ1v) is 12.8. The third-order valence-electron chi connectivity index (χ3n) is 7.39. The summed E-state index contributed by atoms with van der Waals surface area (Å²) in [6.07, 6.45) is -1.52. The van der Waals surface area contributed by atoms with Gasteiger partial charge in [-0.3, -0.25) is 4.98 Å². The zero-order chi connectivity index (χ0) is 38.8. The van der Waals surface area contributed by atoms with Gasteiger partial charge in [0.25, 0.3) is 0 Å². The van der Waals surface area contributed by atoms with Gasteiger partial charge in [-0.15, -0.1) is 21.9 Å². The van der Waals surface area contributed by atoms with E-state index in [1.54, 1.807) is 0 Å². The number of rotatable bonds is 4. The molecule has 0 aliphatic rings. The summed E-state index contributed by atoms with van der Waals surface area (Å²) < 4.78 is 296. The van der Waals surface area contributed by atoms with Crippen LogP contribution in [0.25, 0.3) is 0 Å². The van der Waals surface area contributed by atoms with Gasteiger partial charge < -0.3 is 0 Å². The van der Waals surface area contributed by atoms with Gasteiger partial charge in [0.15, 0.2) is 69.8 Å². The fraction of sp³-hybridized carbons (Fsp3) is 0.0357. The zero-order valence-corrected chi connectivity index (χ0v) is 23.8. The van der Waals surface area contributed by atoms with Crippen LogP contribution in [0.3, 0.4) is 0 Å². The lowest BCUT2D eigenvalue weighted by Crippen LogP contribution is -2.81. The fourth-order valence-corrected chi connectivity index (χ4v) is 5.24. The summed E-state index contributed by atoms with van der Waals surface area (Å²) in [5.41, 5.74) is -14.3. The Labute approximate surface area is 268 Å². The quantitative estimate of drug-likeness (QED) is 0.0800. The average Bonchev–Trinajstić information content (AvgIpc) is 3.59. The van der Waals surface area contributed by atoms with Gasteiger partial charge in [-0.1, -0.05) is 0 Å². The highest BCUT2D eigenvalue weighted by molar-refractivity contribution is 7.20. The molecule has 272 valence electrons. The van der Waals surface area contributed by atoms with E-state index in [2.05, 4.69) is 4.98 Å². The Hall–Kier alpha value is -5.25. The molecule has 0 spiro atoms. The minimum Gasteiger partial charge on any atom is -0.250 e. The van der Waals surface area contributed by atoms with Crippen molar-refractivity contribution in [3.05, 3.63) is 135 Å². The van der Waals surface area contributed by atoms with E-state index in [0.717, 1.165) is 0 Å². The summed E-state index contributed by atoms with van der Waals surface area (Å²) >= 11 is 0. The van der Waals surface area contributed by atoms with E-state index in [0.29, 0.717) is 0 Å². The molecule has 0 saturated heterocycles. The van der Waals surface area contributed by atoms with Crippen molar-refractivity contribution in [3.63, 3.8) is 0 Å². The number of H-pyrrole nitrogens is 1. The van der Waals surface area contributed by atoms with Crippen LogP contribution in [-0.2, 0) is 7.05 Å². The predicted molar refractivity (Wildman–Crippen MR) is 131 cm³/mol. The molecule has 5 rings (SSSR count). The van der Waals surface area contributed by atoms with Crippen molar-refractivity contribution >= 4 is 28.0 Å². The summed E-state index contributed by atoms with van der Waals surface area (Å²) in [5.74, 6) is -71.4. The van der Waals surface area contributed by atoms with Gasteiger partial charge in [0.05, 0.1) is 7.05 Å². The molecule has 1 heterocycles. The number of halogens is 20. The number of hydrogen-bond acceptors (Lipinski definition) is 0. The summed E-state index contributed by atoms with van der Waals surface area (Å²) in [6.45, 7) is 0. The molecular weight excluding hydrogens is 755 g/mol. The van der Waals surface area contributed by atoms with E-state index in [9.17, 15) is 52.7 Å². The Morgan fingerprint density at radius 1 is 0.333 bits per heavy atom. The van der Waals surface area contributed by atoms with Gasteiger partial charge in [-0.2, -0.15) is 0 Å². The molecule has 2 nitrogen and oxygen atoms in total. The Morgan fingerprint density at radius 3 is 0.627 bits per heavy atom. The smallest absolute Gasteiger partial charge is 0.241 e. The third kappa shape index (κ3) is 5.52. The summed E-state index contributed by atoms with van der Waals surface area (Å²) in [6, 6.07) is 0. The molecule has 0 fully saturated rings. The van der Waals surface area contributed by atoms with E-state index in [1.165, 1.54) is 0 Å². The summed E-state index contributed by atoms with van der Waals surface area (Å²) in [5, 5.41) is 0. The number of imidazole rings is 1. The minimum atomic E-state index is -7.22. The van der Waals surface area contributed by atoms with Crippen LogP contribution in [0.15, 0.2) is 18.7 Å². The first-order valence-electron chi connectivity index (χ1n) is 12.8. The van der Waals surface area contributed by atoms with Gasteiger partial charge in [-0.25, -0.2) is 92.4 Å². The average molecular weight is 762 g/mol. The topological polar surface area (TPSA) is 19.7 Å². The number of nitrogens with one attached hydrogen (secondary N) is 1. The van der Waals surface area contributed by atoms with Crippen molar-refractivity contribution in [3.8, 4) is 0 Å². The molecule has 0 aliphatic carbocycles. The van der Waals surface area contributed by atoms with Crippen LogP contribution in [0.1, 0.15) is 0 Å². The molecule has 0 atom stereocenters. The third-order valence-corrected chi connectivity index (χ3v) is 7.39. The van der Waals surface area contributed by atoms with Crippen LogP contribution in [0.4, 0.5) is 87.8 Å². The molecule has 0 amide bonds. The van der Waals surface area contributed by atoms with Crippen molar-refractivity contribution in [1.29, 1.82) is 0 Å². The lowest BCUT2D eigenvalue weighted by molar-refractivity contribution is -0.670. The Morgan fingerprint density at radius 2 is 0.510 bits per heavy atom. The first kappa shape index (κ1) is 38.6. The number of nitrogens with zero attached hydrogens (tertiary/aromatic N) is 1. The highest BCUT2D eigenvalue weighted by Gasteiger charge is 2.52. The zero-order valence-electron chi connectivity index (χ0n) is 23.8. The maximum absolute atomic E-state index is 15.4. The van der Waals surface area contributed by atoms with E-state index in [4.69, 9.17) is 0 Å². The van der Waals surface area contributed by atoms with Crippen LogP contribution in [-0.4, -0.2) is 11.1 Å². The standard InChI is InChI=1S/C24BF20.C4H6N2/c26-5-1(6(27)14(35)21(42)13(5)34)25(2-7(28)15(36)22(43)16(37)8(2)29,3-9(30)17(38)23(44)18(39)10(3)31)4-11(32)19(40)24(45)20(41)12(4)33;1-6-3-2-5-4-6/h;2-4H,1H3/q-1;/p+1. The highest BCUT2D eigenvalue weighted by atomic mass is 19.2. The molecule has 4 aromatic carbocycles. The number of aromatic amines is 1. The van der Waals surface area contributed by atoms with Crippen molar-refractivity contribution in [2.24, 2.45) is 7.05 Å². The van der Waals surface area contributed by atoms with Crippen LogP contribution in [0.2, 0.25) is 0 Å². The van der Waals surface area contributed by atoms with Crippen LogP contribution >= 0.6 is 0 Å². The molecule has 0 saturated carbocycles. The number of aryl methyl sites for hydroxylation is 1. The summed E-state index contributed by atoms with van der Waals surface area (Å²) in [4.78, 5) is 2.89. The molecule has 0 bridgehead atoms. The SMILES string of the molecule is C[n+]1cc[nH]c1.Fc1c(F)c(F)c([B-](c2c(F)c(F)c(F)c(F)c2F)(c2c(F)c(F)c(F)c(F)c2F)c2c(F)c(F)c(F)c(F)c2F)c(F)c1F. The highest BCUT2D eigenvalue weighted by Crippen LogP contribution is 2.30. The molecule has 1 aromatic heterocycles. The predicted octanol–water partition coefficient (Wildman–Crippen LogP) is 5.69. The van der Waals surface area contributed by atoms with Gasteiger partial charge >= 0.3 is 0 Å². The maximum atomic E-state index is 15.4. The van der Waals surface area contributed by atoms with Crippen molar-refractivity contribution in [2.75, 3.05) is 0 Å². The van der Waals surface area contributed by atoms with E-state index in [1.807, 2.05) is 30.3 Å². The second-order valence-electron chi connectivity index (χ2n) is 10.1. The lowest BCUT2D eigenvalue weighted by atomic mass is 9.12. The molecule has 0 unspecified atom stereocenters. The van der Waals surface area contributed by atoms with Gasteiger partial charge in [0.2, 0.25) is 6.33 Å². The molecule has 0 radical (unpaired) electrons. The lowest BCUT2D eigenvalue weighted by Gasteiger charge is -2.44. The minimum absolute atomic E-state index is 1.88. The Kier molecular flexibility index (Phi) is 10.2. The van der Waals surface area contributed by atoms with Crippen LogP contribution in [0, 0.1) is 116 Å². The second-order valence-corrected chi connectivity index (χ2v) is 10.1. The van der Waals surface area contributed by atoms with Gasteiger partial charge in [0, 0.05) is 0 Å². The van der Waals surface area contributed by atoms with Crippen molar-refractivity contribution in [2.45, 2.75) is 0 Å².